The highest BCUT2D eigenvalue weighted by atomic mass is 16.5. The Labute approximate surface area is 116 Å². The second-order valence-electron chi connectivity index (χ2n) is 4.24. The van der Waals surface area contributed by atoms with Gasteiger partial charge in [0, 0.05) is 12.4 Å². The third kappa shape index (κ3) is 2.59. The lowest BCUT2D eigenvalue weighted by molar-refractivity contribution is 0.463. The number of rotatable bonds is 3. The normalized spacial score (nSPS) is 10.2. The van der Waals surface area contributed by atoms with Gasteiger partial charge in [-0.25, -0.2) is 9.97 Å². The minimum atomic E-state index is 0.277. The van der Waals surface area contributed by atoms with E-state index in [1.165, 1.54) is 6.20 Å². The molecule has 0 spiro atoms. The summed E-state index contributed by atoms with van der Waals surface area (Å²) in [4.78, 5) is 7.98. The molecule has 0 amide bonds. The average molecular weight is 263 g/mol. The number of hydrogen-bond donors (Lipinski definition) is 1. The minimum Gasteiger partial charge on any atom is -0.436 e. The van der Waals surface area contributed by atoms with E-state index in [9.17, 15) is 0 Å². The van der Waals surface area contributed by atoms with Crippen molar-refractivity contribution in [3.63, 3.8) is 0 Å². The molecule has 0 aliphatic carbocycles. The predicted molar refractivity (Wildman–Crippen MR) is 78.4 cm³/mol. The number of nitrogens with two attached hydrogens (primary N) is 1. The van der Waals surface area contributed by atoms with E-state index < -0.39 is 0 Å². The second-order valence-corrected chi connectivity index (χ2v) is 4.24. The van der Waals surface area contributed by atoms with E-state index in [1.54, 1.807) is 6.20 Å². The van der Waals surface area contributed by atoms with Gasteiger partial charge in [0.15, 0.2) is 5.82 Å². The highest BCUT2D eigenvalue weighted by Crippen LogP contribution is 2.26. The lowest BCUT2D eigenvalue weighted by atomic mass is 10.1. The van der Waals surface area contributed by atoms with Crippen molar-refractivity contribution in [2.45, 2.75) is 0 Å². The Morgan fingerprint density at radius 2 is 1.40 bits per heavy atom. The zero-order chi connectivity index (χ0) is 13.8. The summed E-state index contributed by atoms with van der Waals surface area (Å²) < 4.78 is 5.60. The van der Waals surface area contributed by atoms with Crippen molar-refractivity contribution < 1.29 is 4.74 Å². The smallest absolute Gasteiger partial charge is 0.262 e. The molecule has 0 atom stereocenters. The molecule has 3 rings (SSSR count). The van der Waals surface area contributed by atoms with Crippen molar-refractivity contribution in [1.29, 1.82) is 0 Å². The summed E-state index contributed by atoms with van der Waals surface area (Å²) in [5.74, 6) is 1.27. The molecule has 0 radical (unpaired) electrons. The molecular weight excluding hydrogens is 250 g/mol. The van der Waals surface area contributed by atoms with Crippen molar-refractivity contribution in [3.8, 4) is 22.8 Å². The van der Waals surface area contributed by atoms with Gasteiger partial charge in [-0.2, -0.15) is 0 Å². The molecule has 0 saturated heterocycles. The first kappa shape index (κ1) is 12.2. The van der Waals surface area contributed by atoms with Crippen LogP contribution in [0.15, 0.2) is 67.0 Å². The summed E-state index contributed by atoms with van der Waals surface area (Å²) in [5, 5.41) is 0. The van der Waals surface area contributed by atoms with E-state index in [0.29, 0.717) is 11.6 Å². The topological polar surface area (TPSA) is 61.0 Å². The number of nitrogen functional groups attached to an aromatic ring is 1. The minimum absolute atomic E-state index is 0.277. The number of nitrogens with zero attached hydrogens (tertiary/aromatic N) is 2. The van der Waals surface area contributed by atoms with Crippen LogP contribution in [0.5, 0.6) is 11.6 Å². The summed E-state index contributed by atoms with van der Waals surface area (Å²) in [6.07, 6.45) is 3.07. The average Bonchev–Trinajstić information content (AvgIpc) is 2.51. The van der Waals surface area contributed by atoms with Gasteiger partial charge in [-0.1, -0.05) is 42.5 Å². The monoisotopic (exact) mass is 263 g/mol. The van der Waals surface area contributed by atoms with Gasteiger partial charge in [-0.05, 0) is 23.3 Å². The van der Waals surface area contributed by atoms with Gasteiger partial charge >= 0.3 is 0 Å². The van der Waals surface area contributed by atoms with Gasteiger partial charge < -0.3 is 10.5 Å². The molecule has 0 unspecified atom stereocenters. The molecule has 0 saturated carbocycles. The highest BCUT2D eigenvalue weighted by Gasteiger charge is 2.04. The van der Waals surface area contributed by atoms with Gasteiger partial charge in [0.1, 0.15) is 5.75 Å². The third-order valence-electron chi connectivity index (χ3n) is 2.87. The van der Waals surface area contributed by atoms with Crippen molar-refractivity contribution in [1.82, 2.24) is 9.97 Å². The fourth-order valence-corrected chi connectivity index (χ4v) is 1.87. The molecule has 4 heteroatoms. The van der Waals surface area contributed by atoms with E-state index in [2.05, 4.69) is 22.1 Å². The number of benzene rings is 2. The molecule has 3 aromatic rings. The standard InChI is InChI=1S/C16H13N3O/c17-15-16(19-11-10-18-15)20-14-8-6-13(7-9-14)12-4-2-1-3-5-12/h1-11H,(H2,17,18). The van der Waals surface area contributed by atoms with Crippen molar-refractivity contribution >= 4 is 5.82 Å². The fourth-order valence-electron chi connectivity index (χ4n) is 1.87. The largest absolute Gasteiger partial charge is 0.436 e. The summed E-state index contributed by atoms with van der Waals surface area (Å²) in [7, 11) is 0. The molecular formula is C16H13N3O. The van der Waals surface area contributed by atoms with Crippen LogP contribution in [0.4, 0.5) is 5.82 Å². The van der Waals surface area contributed by atoms with Crippen LogP contribution in [0, 0.1) is 0 Å². The molecule has 0 aliphatic heterocycles. The zero-order valence-corrected chi connectivity index (χ0v) is 10.7. The van der Waals surface area contributed by atoms with Crippen LogP contribution in [0.1, 0.15) is 0 Å². The fraction of sp³-hybridized carbons (Fsp3) is 0. The Morgan fingerprint density at radius 3 is 2.10 bits per heavy atom. The van der Waals surface area contributed by atoms with Gasteiger partial charge in [0.25, 0.3) is 5.88 Å². The van der Waals surface area contributed by atoms with E-state index in [0.717, 1.165) is 11.1 Å². The van der Waals surface area contributed by atoms with Crippen LogP contribution < -0.4 is 10.5 Å². The molecule has 1 heterocycles. The SMILES string of the molecule is Nc1nccnc1Oc1ccc(-c2ccccc2)cc1. The number of anilines is 1. The van der Waals surface area contributed by atoms with E-state index in [4.69, 9.17) is 10.5 Å². The first-order valence-electron chi connectivity index (χ1n) is 6.23. The van der Waals surface area contributed by atoms with Gasteiger partial charge in [0.05, 0.1) is 0 Å². The van der Waals surface area contributed by atoms with E-state index in [1.807, 2.05) is 42.5 Å². The van der Waals surface area contributed by atoms with Crippen LogP contribution in [-0.4, -0.2) is 9.97 Å². The van der Waals surface area contributed by atoms with Crippen LogP contribution in [0.25, 0.3) is 11.1 Å². The maximum absolute atomic E-state index is 5.69. The summed E-state index contributed by atoms with van der Waals surface area (Å²) in [5.41, 5.74) is 7.99. The molecule has 20 heavy (non-hydrogen) atoms. The predicted octanol–water partition coefficient (Wildman–Crippen LogP) is 3.52. The Kier molecular flexibility index (Phi) is 3.29. The first-order valence-corrected chi connectivity index (χ1v) is 6.23. The van der Waals surface area contributed by atoms with Crippen LogP contribution in [0.3, 0.4) is 0 Å². The molecule has 0 aliphatic rings. The van der Waals surface area contributed by atoms with Gasteiger partial charge in [-0.15, -0.1) is 0 Å². The summed E-state index contributed by atoms with van der Waals surface area (Å²) >= 11 is 0. The molecule has 2 N–H and O–H groups in total. The second kappa shape index (κ2) is 5.40. The molecule has 0 bridgehead atoms. The first-order chi connectivity index (χ1) is 9.83. The molecule has 98 valence electrons. The maximum atomic E-state index is 5.69. The number of ether oxygens (including phenoxy) is 1. The highest BCUT2D eigenvalue weighted by molar-refractivity contribution is 5.64. The van der Waals surface area contributed by atoms with Crippen molar-refractivity contribution in [2.24, 2.45) is 0 Å². The third-order valence-corrected chi connectivity index (χ3v) is 2.87. The summed E-state index contributed by atoms with van der Waals surface area (Å²) in [6, 6.07) is 17.9. The van der Waals surface area contributed by atoms with Gasteiger partial charge in [0.2, 0.25) is 0 Å². The van der Waals surface area contributed by atoms with Gasteiger partial charge in [-0.3, -0.25) is 0 Å². The molecule has 1 aromatic heterocycles. The van der Waals surface area contributed by atoms with E-state index in [-0.39, 0.29) is 5.82 Å². The number of hydrogen-bond acceptors (Lipinski definition) is 4. The Hall–Kier alpha value is -2.88. The summed E-state index contributed by atoms with van der Waals surface area (Å²) in [6.45, 7) is 0. The zero-order valence-electron chi connectivity index (χ0n) is 10.7. The Morgan fingerprint density at radius 1 is 0.750 bits per heavy atom. The lowest BCUT2D eigenvalue weighted by Crippen LogP contribution is -1.96. The Bertz CT molecular complexity index is 696. The number of aromatic nitrogens is 2. The quantitative estimate of drug-likeness (QED) is 0.785. The van der Waals surface area contributed by atoms with Crippen molar-refractivity contribution in [3.05, 3.63) is 67.0 Å². The Balaban J connectivity index is 1.82. The maximum Gasteiger partial charge on any atom is 0.262 e. The van der Waals surface area contributed by atoms with Crippen molar-refractivity contribution in [2.75, 3.05) is 5.73 Å². The van der Waals surface area contributed by atoms with Crippen LogP contribution in [0.2, 0.25) is 0 Å². The van der Waals surface area contributed by atoms with E-state index >= 15 is 0 Å². The lowest BCUT2D eigenvalue weighted by Gasteiger charge is -2.07. The molecule has 2 aromatic carbocycles. The van der Waals surface area contributed by atoms with Crippen LogP contribution >= 0.6 is 0 Å². The van der Waals surface area contributed by atoms with Crippen LogP contribution in [-0.2, 0) is 0 Å². The molecule has 0 fully saturated rings. The molecule has 4 nitrogen and oxygen atoms in total.